The molecule has 0 radical (unpaired) electrons. The molecule has 1 aromatic carbocycles. The van der Waals surface area contributed by atoms with E-state index in [1.165, 1.54) is 33.1 Å². The van der Waals surface area contributed by atoms with Crippen LogP contribution < -0.4 is 21.7 Å². The molecule has 0 aromatic heterocycles. The maximum absolute atomic E-state index is 14.6. The number of carbonyl (C=O) groups excluding carboxylic acids is 6. The van der Waals surface area contributed by atoms with Crippen LogP contribution in [-0.4, -0.2) is 145 Å². The number of aliphatic hydroxyl groups is 1. The lowest BCUT2D eigenvalue weighted by atomic mass is 9.89. The maximum Gasteiger partial charge on any atom is 0.245 e. The second-order valence-corrected chi connectivity index (χ2v) is 18.1. The predicted molar refractivity (Wildman–Crippen MR) is 244 cm³/mol. The second-order valence-electron chi connectivity index (χ2n) is 18.1. The van der Waals surface area contributed by atoms with Crippen molar-refractivity contribution in [3.63, 3.8) is 0 Å². The van der Waals surface area contributed by atoms with E-state index >= 15 is 0 Å². The summed E-state index contributed by atoms with van der Waals surface area (Å²) in [6.45, 7) is 17.1. The summed E-state index contributed by atoms with van der Waals surface area (Å²) < 4.78 is 12.0. The Balaban J connectivity index is 2.30. The van der Waals surface area contributed by atoms with Crippen molar-refractivity contribution in [1.29, 1.82) is 0 Å². The Morgan fingerprint density at radius 1 is 0.857 bits per heavy atom. The molecule has 358 valence electrons. The number of ether oxygens (including phenoxy) is 2. The smallest absolute Gasteiger partial charge is 0.245 e. The number of carbonyl (C=O) groups is 6. The van der Waals surface area contributed by atoms with E-state index < -0.39 is 72.3 Å². The monoisotopic (exact) mass is 888 g/mol. The topological polar surface area (TPSA) is 213 Å². The molecule has 6 amide bonds. The van der Waals surface area contributed by atoms with Crippen molar-refractivity contribution in [3.8, 4) is 0 Å². The van der Waals surface area contributed by atoms with Crippen LogP contribution in [0.25, 0.3) is 0 Å². The zero-order valence-corrected chi connectivity index (χ0v) is 40.4. The largest absolute Gasteiger partial charge is 0.386 e. The first-order valence-electron chi connectivity index (χ1n) is 22.9. The molecule has 1 fully saturated rings. The minimum Gasteiger partial charge on any atom is -0.386 e. The SMILES string of the molecule is CC[C@H](C)[C@@H]([C@@H](CC(=O)N1CCC[C@H]1[C@H](OC)[C@@H](C)C(=O)N[C@H](C)[C@@H](O)c1ccccc1)OC)N(C)C(=O)[C@@H](NC(=O)[C@H](C(C)C)N(C)C(=O)[C@H](CCCCN)NC(C)=O)C(C)C. The molecule has 63 heavy (non-hydrogen) atoms. The van der Waals surface area contributed by atoms with Crippen LogP contribution in [0.5, 0.6) is 0 Å². The summed E-state index contributed by atoms with van der Waals surface area (Å²) in [6, 6.07) is 4.84. The van der Waals surface area contributed by atoms with Gasteiger partial charge in [-0.2, -0.15) is 0 Å². The van der Waals surface area contributed by atoms with Gasteiger partial charge >= 0.3 is 0 Å². The fraction of sp³-hybridized carbons (Fsp3) is 0.745. The third-order valence-electron chi connectivity index (χ3n) is 12.8. The Morgan fingerprint density at radius 3 is 2.02 bits per heavy atom. The average molecular weight is 888 g/mol. The van der Waals surface area contributed by atoms with E-state index in [9.17, 15) is 33.9 Å². The van der Waals surface area contributed by atoms with E-state index in [0.717, 1.165) is 0 Å². The lowest BCUT2D eigenvalue weighted by Gasteiger charge is -2.41. The second kappa shape index (κ2) is 26.6. The molecule has 1 aliphatic heterocycles. The number of nitrogens with zero attached hydrogens (tertiary/aromatic N) is 3. The number of nitrogens with two attached hydrogens (primary N) is 1. The minimum atomic E-state index is -0.975. The number of amides is 6. The molecule has 0 bridgehead atoms. The van der Waals surface area contributed by atoms with E-state index in [2.05, 4.69) is 16.0 Å². The fourth-order valence-electron chi connectivity index (χ4n) is 8.96. The molecular formula is C47H81N7O9. The number of aliphatic hydroxyl groups excluding tert-OH is 1. The third kappa shape index (κ3) is 15.2. The molecule has 1 aliphatic rings. The third-order valence-corrected chi connectivity index (χ3v) is 12.8. The van der Waals surface area contributed by atoms with Gasteiger partial charge in [0.2, 0.25) is 35.4 Å². The van der Waals surface area contributed by atoms with Crippen LogP contribution in [0.4, 0.5) is 0 Å². The van der Waals surface area contributed by atoms with Crippen LogP contribution in [0.1, 0.15) is 119 Å². The Bertz CT molecular complexity index is 1610. The number of methoxy groups -OCH3 is 2. The highest BCUT2D eigenvalue weighted by Crippen LogP contribution is 2.30. The van der Waals surface area contributed by atoms with Crippen molar-refractivity contribution in [2.75, 3.05) is 41.4 Å². The van der Waals surface area contributed by atoms with Crippen LogP contribution in [0.3, 0.4) is 0 Å². The van der Waals surface area contributed by atoms with Crippen LogP contribution in [-0.2, 0) is 38.2 Å². The van der Waals surface area contributed by atoms with E-state index in [1.807, 2.05) is 59.7 Å². The first-order valence-corrected chi connectivity index (χ1v) is 22.9. The Hall–Kier alpha value is -4.12. The van der Waals surface area contributed by atoms with Gasteiger partial charge in [0.15, 0.2) is 0 Å². The number of hydrogen-bond donors (Lipinski definition) is 5. The summed E-state index contributed by atoms with van der Waals surface area (Å²) in [4.78, 5) is 87.1. The number of likely N-dealkylation sites (tertiary alicyclic amines) is 1. The summed E-state index contributed by atoms with van der Waals surface area (Å²) >= 11 is 0. The molecular weight excluding hydrogens is 807 g/mol. The lowest BCUT2D eigenvalue weighted by Crippen LogP contribution is -2.61. The summed E-state index contributed by atoms with van der Waals surface area (Å²) in [5, 5.41) is 19.5. The molecule has 1 heterocycles. The average Bonchev–Trinajstić information content (AvgIpc) is 3.73. The summed E-state index contributed by atoms with van der Waals surface area (Å²) in [7, 11) is 6.26. The van der Waals surface area contributed by atoms with Crippen molar-refractivity contribution in [1.82, 2.24) is 30.7 Å². The molecule has 16 heteroatoms. The highest BCUT2D eigenvalue weighted by molar-refractivity contribution is 5.94. The normalized spacial score (nSPS) is 18.9. The molecule has 2 rings (SSSR count). The van der Waals surface area contributed by atoms with Gasteiger partial charge < -0.3 is 51.0 Å². The van der Waals surface area contributed by atoms with E-state index in [4.69, 9.17) is 15.2 Å². The standard InChI is InChI=1S/C47H81N7O9/c1-14-30(6)41(53(11)47(61)39(28(2)3)51-45(59)40(29(4)5)52(10)46(60)35(50-33(9)55)23-18-19-25-48)37(62-12)27-38(56)54-26-20-24-36(54)43(63-13)31(7)44(58)49-32(8)42(57)34-21-16-15-17-22-34/h15-17,21-22,28-32,35-37,39-43,57H,14,18-20,23-27,48H2,1-13H3,(H,49,58)(H,50,55)(H,51,59)/t30-,31+,32+,35-,36-,37+,39-,40-,41-,42+,43+/m0/s1. The maximum atomic E-state index is 14.6. The van der Waals surface area contributed by atoms with Crippen LogP contribution in [0.15, 0.2) is 30.3 Å². The molecule has 0 aliphatic carbocycles. The number of nitrogens with one attached hydrogen (secondary N) is 3. The van der Waals surface area contributed by atoms with E-state index in [0.29, 0.717) is 57.2 Å². The number of benzene rings is 1. The fourth-order valence-corrected chi connectivity index (χ4v) is 8.96. The molecule has 0 unspecified atom stereocenters. The number of unbranched alkanes of at least 4 members (excludes halogenated alkanes) is 1. The van der Waals surface area contributed by atoms with Gasteiger partial charge in [-0.1, -0.05) is 85.2 Å². The molecule has 11 atom stereocenters. The quantitative estimate of drug-likeness (QED) is 0.0856. The van der Waals surface area contributed by atoms with Crippen molar-refractivity contribution >= 4 is 35.4 Å². The van der Waals surface area contributed by atoms with E-state index in [1.54, 1.807) is 42.8 Å². The summed E-state index contributed by atoms with van der Waals surface area (Å²) in [5.41, 5.74) is 6.35. The molecule has 0 saturated carbocycles. The van der Waals surface area contributed by atoms with Gasteiger partial charge in [0.05, 0.1) is 48.8 Å². The van der Waals surface area contributed by atoms with Gasteiger partial charge in [-0.3, -0.25) is 28.8 Å². The first kappa shape index (κ1) is 55.0. The number of likely N-dealkylation sites (N-methyl/N-ethyl adjacent to an activating group) is 2. The van der Waals surface area contributed by atoms with E-state index in [-0.39, 0.29) is 47.8 Å². The van der Waals surface area contributed by atoms with Gasteiger partial charge in [0.25, 0.3) is 0 Å². The van der Waals surface area contributed by atoms with Gasteiger partial charge in [0, 0.05) is 41.8 Å². The van der Waals surface area contributed by atoms with Crippen LogP contribution >= 0.6 is 0 Å². The van der Waals surface area contributed by atoms with Gasteiger partial charge in [-0.05, 0) is 68.9 Å². The number of hydrogen-bond acceptors (Lipinski definition) is 10. The minimum absolute atomic E-state index is 0.0429. The Labute approximate surface area is 377 Å². The first-order chi connectivity index (χ1) is 29.7. The van der Waals surface area contributed by atoms with Crippen LogP contribution in [0.2, 0.25) is 0 Å². The van der Waals surface area contributed by atoms with Crippen molar-refractivity contribution in [3.05, 3.63) is 35.9 Å². The number of rotatable bonds is 26. The highest BCUT2D eigenvalue weighted by atomic mass is 16.5. The van der Waals surface area contributed by atoms with Gasteiger partial charge in [0.1, 0.15) is 18.1 Å². The summed E-state index contributed by atoms with van der Waals surface area (Å²) in [6.07, 6.45) is 1.39. The molecule has 16 nitrogen and oxygen atoms in total. The zero-order valence-electron chi connectivity index (χ0n) is 40.4. The van der Waals surface area contributed by atoms with Crippen LogP contribution in [0, 0.1) is 23.7 Å². The molecule has 1 aromatic rings. The lowest BCUT2D eigenvalue weighted by molar-refractivity contribution is -0.149. The Kier molecular flexibility index (Phi) is 23.2. The predicted octanol–water partition coefficient (Wildman–Crippen LogP) is 3.40. The molecule has 6 N–H and O–H groups in total. The summed E-state index contributed by atoms with van der Waals surface area (Å²) in [5.74, 6) is -3.57. The van der Waals surface area contributed by atoms with Gasteiger partial charge in [-0.15, -0.1) is 0 Å². The van der Waals surface area contributed by atoms with Crippen molar-refractivity contribution in [2.24, 2.45) is 29.4 Å². The molecule has 0 spiro atoms. The Morgan fingerprint density at radius 2 is 1.49 bits per heavy atom. The van der Waals surface area contributed by atoms with Crippen molar-refractivity contribution in [2.45, 2.75) is 162 Å². The zero-order chi connectivity index (χ0) is 47.7. The highest BCUT2D eigenvalue weighted by Gasteiger charge is 2.44. The van der Waals surface area contributed by atoms with Crippen molar-refractivity contribution < 1.29 is 43.3 Å². The van der Waals surface area contributed by atoms with Gasteiger partial charge in [-0.25, -0.2) is 0 Å². The molecule has 1 saturated heterocycles.